The van der Waals surface area contributed by atoms with Crippen molar-refractivity contribution in [3.63, 3.8) is 0 Å². The van der Waals surface area contributed by atoms with E-state index < -0.39 is 0 Å². The first-order chi connectivity index (χ1) is 17.3. The van der Waals surface area contributed by atoms with Crippen LogP contribution >= 0.6 is 0 Å². The van der Waals surface area contributed by atoms with E-state index in [1.807, 2.05) is 77.5 Å². The summed E-state index contributed by atoms with van der Waals surface area (Å²) in [5.74, 6) is 2.50. The smallest absolute Gasteiger partial charge is 0.224 e. The summed E-state index contributed by atoms with van der Waals surface area (Å²) in [7, 11) is 0. The number of benzene rings is 2. The first-order valence-corrected chi connectivity index (χ1v) is 11.2. The first kappa shape index (κ1) is 22.0. The van der Waals surface area contributed by atoms with Crippen molar-refractivity contribution in [1.82, 2.24) is 30.0 Å². The fourth-order valence-electron chi connectivity index (χ4n) is 3.71. The molecule has 0 unspecified atom stereocenters. The molecule has 2 N–H and O–H groups in total. The maximum atomic E-state index is 12.6. The van der Waals surface area contributed by atoms with Gasteiger partial charge < -0.3 is 15.4 Å². The van der Waals surface area contributed by atoms with Crippen molar-refractivity contribution in [2.24, 2.45) is 0 Å². The van der Waals surface area contributed by atoms with Gasteiger partial charge >= 0.3 is 0 Å². The molecule has 9 nitrogen and oxygen atoms in total. The second-order valence-corrected chi connectivity index (χ2v) is 7.72. The summed E-state index contributed by atoms with van der Waals surface area (Å²) < 4.78 is 7.58. The molecule has 0 aliphatic rings. The number of anilines is 2. The largest absolute Gasteiger partial charge is 0.492 e. The van der Waals surface area contributed by atoms with Crippen molar-refractivity contribution >= 4 is 28.4 Å². The minimum absolute atomic E-state index is 0.0702. The summed E-state index contributed by atoms with van der Waals surface area (Å²) in [6.07, 6.45) is 7.00. The highest BCUT2D eigenvalue weighted by Gasteiger charge is 2.14. The van der Waals surface area contributed by atoms with Crippen molar-refractivity contribution in [3.05, 3.63) is 97.1 Å². The minimum Gasteiger partial charge on any atom is -0.492 e. The van der Waals surface area contributed by atoms with E-state index in [2.05, 4.69) is 30.8 Å². The van der Waals surface area contributed by atoms with Gasteiger partial charge in [0.05, 0.1) is 24.7 Å². The van der Waals surface area contributed by atoms with Gasteiger partial charge in [0.25, 0.3) is 0 Å². The Morgan fingerprint density at radius 3 is 2.57 bits per heavy atom. The Labute approximate surface area is 201 Å². The fourth-order valence-corrected chi connectivity index (χ4v) is 3.71. The lowest BCUT2D eigenvalue weighted by Gasteiger charge is -2.07. The summed E-state index contributed by atoms with van der Waals surface area (Å²) in [5.41, 5.74) is 1.86. The predicted molar refractivity (Wildman–Crippen MR) is 133 cm³/mol. The molecule has 5 aromatic rings. The number of hydrogen-bond acceptors (Lipinski definition) is 7. The number of nitrogens with one attached hydrogen (secondary N) is 2. The van der Waals surface area contributed by atoms with E-state index in [9.17, 15) is 4.79 Å². The summed E-state index contributed by atoms with van der Waals surface area (Å²) in [6.45, 7) is 0.833. The SMILES string of the molecule is O=C(Cc1cn(-c2ccc(Nc3cnccn3)nn2)c2ccccc12)NCCOc1ccccc1. The van der Waals surface area contributed by atoms with Crippen molar-refractivity contribution < 1.29 is 9.53 Å². The van der Waals surface area contributed by atoms with Gasteiger partial charge in [0.1, 0.15) is 18.2 Å². The van der Waals surface area contributed by atoms with Crippen molar-refractivity contribution in [2.45, 2.75) is 6.42 Å². The zero-order valence-electron chi connectivity index (χ0n) is 18.8. The topological polar surface area (TPSA) is 107 Å². The van der Waals surface area contributed by atoms with Crippen LogP contribution < -0.4 is 15.4 Å². The molecule has 0 radical (unpaired) electrons. The molecular formula is C26H23N7O2. The van der Waals surface area contributed by atoms with Crippen LogP contribution in [0.3, 0.4) is 0 Å². The lowest BCUT2D eigenvalue weighted by molar-refractivity contribution is -0.120. The third kappa shape index (κ3) is 5.41. The van der Waals surface area contributed by atoms with Crippen LogP contribution in [0.1, 0.15) is 5.56 Å². The van der Waals surface area contributed by atoms with Gasteiger partial charge in [0.2, 0.25) is 5.91 Å². The van der Waals surface area contributed by atoms with Gasteiger partial charge in [-0.2, -0.15) is 0 Å². The number of para-hydroxylation sites is 2. The average Bonchev–Trinajstić information content (AvgIpc) is 3.26. The van der Waals surface area contributed by atoms with Crippen molar-refractivity contribution in [1.29, 1.82) is 0 Å². The highest BCUT2D eigenvalue weighted by atomic mass is 16.5. The molecule has 0 bridgehead atoms. The van der Waals surface area contributed by atoms with Crippen LogP contribution in [-0.4, -0.2) is 43.8 Å². The number of ether oxygens (including phenoxy) is 1. The van der Waals surface area contributed by atoms with Gasteiger partial charge in [-0.05, 0) is 35.9 Å². The molecule has 2 aromatic carbocycles. The van der Waals surface area contributed by atoms with Gasteiger partial charge in [-0.1, -0.05) is 36.4 Å². The molecule has 0 aliphatic carbocycles. The minimum atomic E-state index is -0.0702. The normalized spacial score (nSPS) is 10.7. The molecule has 3 heterocycles. The third-order valence-electron chi connectivity index (χ3n) is 5.30. The van der Waals surface area contributed by atoms with Gasteiger partial charge in [-0.3, -0.25) is 14.3 Å². The maximum Gasteiger partial charge on any atom is 0.224 e. The van der Waals surface area contributed by atoms with Crippen LogP contribution in [0.4, 0.5) is 11.6 Å². The molecule has 5 rings (SSSR count). The standard InChI is InChI=1S/C26H23N7O2/c34-26(29-14-15-35-20-6-2-1-3-7-20)16-19-18-33(22-9-5-4-8-21(19)22)25-11-10-23(31-32-25)30-24-17-27-12-13-28-24/h1-13,17-18H,14-16H2,(H,29,34)(H,28,30,31). The first-order valence-electron chi connectivity index (χ1n) is 11.2. The number of carbonyl (C=O) groups excluding carboxylic acids is 1. The Morgan fingerprint density at radius 1 is 0.914 bits per heavy atom. The fraction of sp³-hybridized carbons (Fsp3) is 0.115. The van der Waals surface area contributed by atoms with Gasteiger partial charge in [-0.25, -0.2) is 4.98 Å². The Kier molecular flexibility index (Phi) is 6.56. The van der Waals surface area contributed by atoms with Crippen LogP contribution in [0, 0.1) is 0 Å². The molecule has 0 spiro atoms. The van der Waals surface area contributed by atoms with Crippen LogP contribution in [0.2, 0.25) is 0 Å². The van der Waals surface area contributed by atoms with Crippen LogP contribution in [0.25, 0.3) is 16.7 Å². The molecule has 0 atom stereocenters. The Bertz CT molecular complexity index is 1400. The lowest BCUT2D eigenvalue weighted by Crippen LogP contribution is -2.29. The molecule has 0 saturated heterocycles. The molecule has 0 aliphatic heterocycles. The molecule has 9 heteroatoms. The Hall–Kier alpha value is -4.79. The van der Waals surface area contributed by atoms with Crippen LogP contribution in [-0.2, 0) is 11.2 Å². The van der Waals surface area contributed by atoms with Crippen molar-refractivity contribution in [3.8, 4) is 11.6 Å². The van der Waals surface area contributed by atoms with E-state index in [0.29, 0.717) is 30.6 Å². The highest BCUT2D eigenvalue weighted by molar-refractivity contribution is 5.90. The summed E-state index contributed by atoms with van der Waals surface area (Å²) in [4.78, 5) is 20.8. The predicted octanol–water partition coefficient (Wildman–Crippen LogP) is 3.69. The number of carbonyl (C=O) groups is 1. The molecule has 35 heavy (non-hydrogen) atoms. The monoisotopic (exact) mass is 465 g/mol. The number of amides is 1. The quantitative estimate of drug-likeness (QED) is 0.320. The number of rotatable bonds is 9. The average molecular weight is 466 g/mol. The number of fused-ring (bicyclic) bond motifs is 1. The summed E-state index contributed by atoms with van der Waals surface area (Å²) in [5, 5.41) is 15.6. The molecule has 1 amide bonds. The second-order valence-electron chi connectivity index (χ2n) is 7.72. The molecule has 3 aromatic heterocycles. The Balaban J connectivity index is 1.26. The number of hydrogen-bond donors (Lipinski definition) is 2. The summed E-state index contributed by atoms with van der Waals surface area (Å²) >= 11 is 0. The molecule has 174 valence electrons. The highest BCUT2D eigenvalue weighted by Crippen LogP contribution is 2.25. The lowest BCUT2D eigenvalue weighted by atomic mass is 10.1. The van der Waals surface area contributed by atoms with E-state index in [1.54, 1.807) is 18.6 Å². The Morgan fingerprint density at radius 2 is 1.77 bits per heavy atom. The van der Waals surface area contributed by atoms with E-state index in [0.717, 1.165) is 22.2 Å². The number of nitrogens with zero attached hydrogens (tertiary/aromatic N) is 5. The van der Waals surface area contributed by atoms with E-state index in [-0.39, 0.29) is 12.3 Å². The van der Waals surface area contributed by atoms with E-state index in [4.69, 9.17) is 4.74 Å². The van der Waals surface area contributed by atoms with Crippen LogP contribution in [0.5, 0.6) is 5.75 Å². The number of aromatic nitrogens is 5. The van der Waals surface area contributed by atoms with E-state index >= 15 is 0 Å². The zero-order chi connectivity index (χ0) is 23.9. The molecule has 0 saturated carbocycles. The van der Waals surface area contributed by atoms with Gasteiger partial charge in [0.15, 0.2) is 11.6 Å². The second kappa shape index (κ2) is 10.4. The zero-order valence-corrected chi connectivity index (χ0v) is 18.8. The molecular weight excluding hydrogens is 442 g/mol. The van der Waals surface area contributed by atoms with Gasteiger partial charge in [-0.15, -0.1) is 10.2 Å². The summed E-state index contributed by atoms with van der Waals surface area (Å²) in [6, 6.07) is 21.1. The maximum absolute atomic E-state index is 12.6. The van der Waals surface area contributed by atoms with Gasteiger partial charge in [0, 0.05) is 24.0 Å². The van der Waals surface area contributed by atoms with E-state index in [1.165, 1.54) is 0 Å². The van der Waals surface area contributed by atoms with Crippen molar-refractivity contribution in [2.75, 3.05) is 18.5 Å². The molecule has 0 fully saturated rings. The third-order valence-corrected chi connectivity index (χ3v) is 5.30. The van der Waals surface area contributed by atoms with Crippen LogP contribution in [0.15, 0.2) is 91.5 Å².